The van der Waals surface area contributed by atoms with Crippen molar-refractivity contribution in [1.29, 1.82) is 0 Å². The molecular formula is C26H25ClFN3O5. The summed E-state index contributed by atoms with van der Waals surface area (Å²) in [7, 11) is 0. The highest BCUT2D eigenvalue weighted by Gasteiger charge is 2.30. The lowest BCUT2D eigenvalue weighted by atomic mass is 10.1. The van der Waals surface area contributed by atoms with Gasteiger partial charge in [-0.1, -0.05) is 42.6 Å². The molecule has 0 spiro atoms. The zero-order chi connectivity index (χ0) is 26.0. The molecular weight excluding hydrogens is 489 g/mol. The summed E-state index contributed by atoms with van der Waals surface area (Å²) in [6.45, 7) is 1.09. The van der Waals surface area contributed by atoms with Crippen LogP contribution in [0.4, 0.5) is 4.39 Å². The number of ketones is 1. The SMILES string of the molecule is CC(=O)c1cn(CC(=O)N[C@@H](CC2CC2)C(=O)NCc2cccc(Cl)c2F)c2cc(C(=O)O)ccc12. The molecule has 1 aliphatic rings. The fourth-order valence-corrected chi connectivity index (χ4v) is 4.33. The van der Waals surface area contributed by atoms with Crippen LogP contribution in [0.1, 0.15) is 52.5 Å². The van der Waals surface area contributed by atoms with Crippen molar-refractivity contribution in [2.45, 2.75) is 45.3 Å². The van der Waals surface area contributed by atoms with Gasteiger partial charge >= 0.3 is 5.97 Å². The van der Waals surface area contributed by atoms with E-state index in [2.05, 4.69) is 10.6 Å². The van der Waals surface area contributed by atoms with E-state index in [1.807, 2.05) is 0 Å². The Labute approximate surface area is 211 Å². The first-order valence-corrected chi connectivity index (χ1v) is 11.9. The maximum Gasteiger partial charge on any atom is 0.335 e. The molecule has 0 bridgehead atoms. The van der Waals surface area contributed by atoms with Crippen molar-refractivity contribution >= 4 is 46.1 Å². The van der Waals surface area contributed by atoms with Gasteiger partial charge in [-0.25, -0.2) is 9.18 Å². The van der Waals surface area contributed by atoms with Gasteiger partial charge in [0.05, 0.1) is 16.1 Å². The average Bonchev–Trinajstić information content (AvgIpc) is 3.58. The third-order valence-electron chi connectivity index (χ3n) is 6.22. The molecule has 1 saturated carbocycles. The summed E-state index contributed by atoms with van der Waals surface area (Å²) in [6.07, 6.45) is 3.88. The fraction of sp³-hybridized carbons (Fsp3) is 0.308. The molecule has 1 atom stereocenters. The minimum absolute atomic E-state index is 0.0246. The third-order valence-corrected chi connectivity index (χ3v) is 6.52. The Balaban J connectivity index is 1.50. The highest BCUT2D eigenvalue weighted by atomic mass is 35.5. The van der Waals surface area contributed by atoms with Gasteiger partial charge in [0, 0.05) is 29.3 Å². The number of aromatic nitrogens is 1. The van der Waals surface area contributed by atoms with Gasteiger partial charge in [-0.2, -0.15) is 0 Å². The molecule has 36 heavy (non-hydrogen) atoms. The van der Waals surface area contributed by atoms with E-state index in [1.54, 1.807) is 12.1 Å². The molecule has 1 fully saturated rings. The van der Waals surface area contributed by atoms with Crippen molar-refractivity contribution in [1.82, 2.24) is 15.2 Å². The van der Waals surface area contributed by atoms with Crippen LogP contribution in [0.5, 0.6) is 0 Å². The van der Waals surface area contributed by atoms with Crippen LogP contribution >= 0.6 is 11.6 Å². The average molecular weight is 514 g/mol. The first kappa shape index (κ1) is 25.4. The normalized spacial score (nSPS) is 13.9. The smallest absolute Gasteiger partial charge is 0.335 e. The highest BCUT2D eigenvalue weighted by Crippen LogP contribution is 2.33. The summed E-state index contributed by atoms with van der Waals surface area (Å²) < 4.78 is 15.7. The van der Waals surface area contributed by atoms with Crippen molar-refractivity contribution in [2.75, 3.05) is 0 Å². The van der Waals surface area contributed by atoms with Crippen LogP contribution in [0, 0.1) is 11.7 Å². The molecule has 1 heterocycles. The molecule has 10 heteroatoms. The van der Waals surface area contributed by atoms with E-state index in [9.17, 15) is 28.7 Å². The Morgan fingerprint density at radius 2 is 1.94 bits per heavy atom. The van der Waals surface area contributed by atoms with Gasteiger partial charge in [-0.3, -0.25) is 14.4 Å². The summed E-state index contributed by atoms with van der Waals surface area (Å²) >= 11 is 5.80. The van der Waals surface area contributed by atoms with E-state index < -0.39 is 29.6 Å². The molecule has 0 radical (unpaired) electrons. The molecule has 188 valence electrons. The third kappa shape index (κ3) is 5.73. The summed E-state index contributed by atoms with van der Waals surface area (Å²) in [4.78, 5) is 49.4. The zero-order valence-electron chi connectivity index (χ0n) is 19.5. The minimum atomic E-state index is -1.13. The van der Waals surface area contributed by atoms with E-state index in [-0.39, 0.29) is 35.0 Å². The van der Waals surface area contributed by atoms with Crippen molar-refractivity contribution in [3.63, 3.8) is 0 Å². The van der Waals surface area contributed by atoms with Gasteiger partial charge in [0.25, 0.3) is 0 Å². The van der Waals surface area contributed by atoms with Crippen LogP contribution in [0.25, 0.3) is 10.9 Å². The number of nitrogens with one attached hydrogen (secondary N) is 2. The van der Waals surface area contributed by atoms with Crippen LogP contribution in [0.2, 0.25) is 5.02 Å². The number of benzene rings is 2. The molecule has 0 aliphatic heterocycles. The van der Waals surface area contributed by atoms with Gasteiger partial charge in [0.1, 0.15) is 18.4 Å². The topological polar surface area (TPSA) is 118 Å². The van der Waals surface area contributed by atoms with E-state index in [0.29, 0.717) is 28.8 Å². The monoisotopic (exact) mass is 513 g/mol. The first-order valence-electron chi connectivity index (χ1n) is 11.5. The maximum atomic E-state index is 14.2. The van der Waals surface area contributed by atoms with Crippen LogP contribution < -0.4 is 10.6 Å². The van der Waals surface area contributed by atoms with Crippen molar-refractivity contribution in [3.8, 4) is 0 Å². The van der Waals surface area contributed by atoms with E-state index in [4.69, 9.17) is 11.6 Å². The molecule has 2 amide bonds. The Morgan fingerprint density at radius 1 is 1.19 bits per heavy atom. The molecule has 4 rings (SSSR count). The molecule has 2 aromatic carbocycles. The number of carbonyl (C=O) groups excluding carboxylic acids is 3. The van der Waals surface area contributed by atoms with Crippen LogP contribution in [0.3, 0.4) is 0 Å². The number of halogens is 2. The molecule has 3 N–H and O–H groups in total. The lowest BCUT2D eigenvalue weighted by Crippen LogP contribution is -2.47. The molecule has 1 aromatic heterocycles. The number of fused-ring (bicyclic) bond motifs is 1. The molecule has 0 saturated heterocycles. The number of amides is 2. The highest BCUT2D eigenvalue weighted by molar-refractivity contribution is 6.30. The largest absolute Gasteiger partial charge is 0.478 e. The van der Waals surface area contributed by atoms with Crippen LogP contribution in [-0.4, -0.2) is 39.3 Å². The van der Waals surface area contributed by atoms with E-state index in [0.717, 1.165) is 12.8 Å². The predicted octanol–water partition coefficient (Wildman–Crippen LogP) is 3.94. The number of carboxylic acid groups (broad SMARTS) is 1. The summed E-state index contributed by atoms with van der Waals surface area (Å²) in [5.41, 5.74) is 1.05. The summed E-state index contributed by atoms with van der Waals surface area (Å²) in [5, 5.41) is 15.2. The predicted molar refractivity (Wildman–Crippen MR) is 131 cm³/mol. The van der Waals surface area contributed by atoms with Gasteiger partial charge in [-0.15, -0.1) is 0 Å². The van der Waals surface area contributed by atoms with Crippen LogP contribution in [0.15, 0.2) is 42.6 Å². The standard InChI is InChI=1S/C26H25ClFN3O5/c1-14(32)19-12-31(22-10-16(26(35)36)7-8-18(19)22)13-23(33)30-21(9-15-5-6-15)25(34)29-11-17-3-2-4-20(27)24(17)28/h2-4,7-8,10,12,15,21H,5-6,9,11,13H2,1H3,(H,29,34)(H,30,33)(H,35,36)/t21-/m0/s1. The first-order chi connectivity index (χ1) is 17.1. The van der Waals surface area contributed by atoms with Gasteiger partial charge < -0.3 is 20.3 Å². The number of Topliss-reactive ketones (excluding diaryl/α,β-unsaturated/α-hetero) is 1. The summed E-state index contributed by atoms with van der Waals surface area (Å²) in [6, 6.07) is 8.05. The van der Waals surface area contributed by atoms with Gasteiger partial charge in [0.2, 0.25) is 11.8 Å². The second-order valence-electron chi connectivity index (χ2n) is 8.99. The minimum Gasteiger partial charge on any atom is -0.478 e. The van der Waals surface area contributed by atoms with E-state index in [1.165, 1.54) is 42.0 Å². The number of hydrogen-bond acceptors (Lipinski definition) is 4. The molecule has 1 aliphatic carbocycles. The molecule has 3 aromatic rings. The lowest BCUT2D eigenvalue weighted by molar-refractivity contribution is -0.129. The Kier molecular flexibility index (Phi) is 7.40. The summed E-state index contributed by atoms with van der Waals surface area (Å²) in [5.74, 6) is -2.55. The number of nitrogens with zero attached hydrogens (tertiary/aromatic N) is 1. The Hall–Kier alpha value is -3.72. The number of carboxylic acids is 1. The van der Waals surface area contributed by atoms with Crippen molar-refractivity contribution in [2.24, 2.45) is 5.92 Å². The second kappa shape index (κ2) is 10.5. The molecule has 8 nitrogen and oxygen atoms in total. The van der Waals surface area contributed by atoms with Crippen molar-refractivity contribution in [3.05, 3.63) is 70.1 Å². The maximum absolute atomic E-state index is 14.2. The number of hydrogen-bond donors (Lipinski definition) is 3. The quantitative estimate of drug-likeness (QED) is 0.355. The number of carbonyl (C=O) groups is 4. The molecule has 0 unspecified atom stereocenters. The Morgan fingerprint density at radius 3 is 2.61 bits per heavy atom. The number of aromatic carboxylic acids is 1. The van der Waals surface area contributed by atoms with Crippen LogP contribution in [-0.2, 0) is 22.7 Å². The van der Waals surface area contributed by atoms with Gasteiger partial charge in [0.15, 0.2) is 5.78 Å². The fourth-order valence-electron chi connectivity index (χ4n) is 4.14. The van der Waals surface area contributed by atoms with Crippen molar-refractivity contribution < 1.29 is 28.7 Å². The zero-order valence-corrected chi connectivity index (χ0v) is 20.3. The second-order valence-corrected chi connectivity index (χ2v) is 9.40. The lowest BCUT2D eigenvalue weighted by Gasteiger charge is -2.19. The van der Waals surface area contributed by atoms with Gasteiger partial charge in [-0.05, 0) is 37.5 Å². The number of rotatable bonds is 10. The Bertz CT molecular complexity index is 1370. The van der Waals surface area contributed by atoms with E-state index >= 15 is 0 Å².